The van der Waals surface area contributed by atoms with E-state index < -0.39 is 0 Å². The van der Waals surface area contributed by atoms with E-state index in [4.69, 9.17) is 4.74 Å². The molecule has 1 atom stereocenters. The lowest BCUT2D eigenvalue weighted by Crippen LogP contribution is -2.48. The largest absolute Gasteiger partial charge is 0.480 e. The average molecular weight is 358 g/mol. The number of hydrogen-bond acceptors (Lipinski definition) is 6. The molecule has 4 heterocycles. The second-order valence-corrected chi connectivity index (χ2v) is 7.33. The van der Waals surface area contributed by atoms with Crippen LogP contribution < -0.4 is 4.74 Å². The highest BCUT2D eigenvalue weighted by Gasteiger charge is 2.30. The Balaban J connectivity index is 1.40. The van der Waals surface area contributed by atoms with Crippen molar-refractivity contribution < 1.29 is 9.53 Å². The van der Waals surface area contributed by atoms with Gasteiger partial charge in [-0.25, -0.2) is 0 Å². The van der Waals surface area contributed by atoms with E-state index in [9.17, 15) is 4.79 Å². The van der Waals surface area contributed by atoms with Crippen LogP contribution in [0.4, 0.5) is 0 Å². The fourth-order valence-electron chi connectivity index (χ4n) is 4.10. The van der Waals surface area contributed by atoms with E-state index in [-0.39, 0.29) is 5.91 Å². The van der Waals surface area contributed by atoms with Crippen LogP contribution in [-0.2, 0) is 4.79 Å². The van der Waals surface area contributed by atoms with Crippen molar-refractivity contribution in [1.82, 2.24) is 29.6 Å². The first-order chi connectivity index (χ1) is 12.7. The van der Waals surface area contributed by atoms with Gasteiger partial charge in [0, 0.05) is 38.0 Å². The normalized spacial score (nSPS) is 22.9. The minimum atomic E-state index is 0.283. The Morgan fingerprint density at radius 1 is 1.19 bits per heavy atom. The van der Waals surface area contributed by atoms with Gasteiger partial charge in [-0.05, 0) is 44.8 Å². The van der Waals surface area contributed by atoms with Gasteiger partial charge in [-0.3, -0.25) is 4.79 Å². The van der Waals surface area contributed by atoms with E-state index >= 15 is 0 Å². The van der Waals surface area contributed by atoms with Gasteiger partial charge in [-0.1, -0.05) is 0 Å². The number of carbonyl (C=O) groups is 1. The van der Waals surface area contributed by atoms with Crippen LogP contribution in [0.15, 0.2) is 12.1 Å². The van der Waals surface area contributed by atoms with Crippen LogP contribution >= 0.6 is 0 Å². The van der Waals surface area contributed by atoms with Crippen LogP contribution in [0.1, 0.15) is 43.8 Å². The highest BCUT2D eigenvalue weighted by atomic mass is 16.5. The Morgan fingerprint density at radius 2 is 2.00 bits per heavy atom. The maximum atomic E-state index is 11.9. The van der Waals surface area contributed by atoms with E-state index in [0.717, 1.165) is 56.8 Å². The van der Waals surface area contributed by atoms with Gasteiger partial charge in [0.15, 0.2) is 11.5 Å². The fourth-order valence-corrected chi connectivity index (χ4v) is 4.10. The van der Waals surface area contributed by atoms with Crippen molar-refractivity contribution in [2.45, 2.75) is 44.1 Å². The summed E-state index contributed by atoms with van der Waals surface area (Å²) in [5.74, 6) is 2.13. The van der Waals surface area contributed by atoms with E-state index in [2.05, 4.69) is 20.2 Å². The molecule has 26 heavy (non-hydrogen) atoms. The van der Waals surface area contributed by atoms with Crippen molar-refractivity contribution in [2.24, 2.45) is 0 Å². The number of amides is 1. The number of aromatic nitrogens is 4. The van der Waals surface area contributed by atoms with E-state index in [1.165, 1.54) is 0 Å². The standard InChI is InChI=1S/C18H26N6O2/c1-22-14(4-3-5-17(22)25)12-23-10-8-13(9-11-23)18-20-19-15-6-7-16(26-2)21-24(15)18/h6-7,13-14H,3-5,8-12H2,1-2H3. The van der Waals surface area contributed by atoms with Gasteiger partial charge < -0.3 is 14.5 Å². The zero-order valence-corrected chi connectivity index (χ0v) is 15.5. The molecule has 0 bridgehead atoms. The summed E-state index contributed by atoms with van der Waals surface area (Å²) < 4.78 is 7.04. The molecule has 1 unspecified atom stereocenters. The van der Waals surface area contributed by atoms with Crippen molar-refractivity contribution in [3.05, 3.63) is 18.0 Å². The molecule has 2 fully saturated rings. The first-order valence-corrected chi connectivity index (χ1v) is 9.40. The van der Waals surface area contributed by atoms with Crippen molar-refractivity contribution in [3.8, 4) is 5.88 Å². The van der Waals surface area contributed by atoms with Crippen LogP contribution in [-0.4, -0.2) is 75.4 Å². The third-order valence-corrected chi connectivity index (χ3v) is 5.76. The number of nitrogens with zero attached hydrogens (tertiary/aromatic N) is 6. The van der Waals surface area contributed by atoms with Crippen molar-refractivity contribution >= 4 is 11.6 Å². The molecular formula is C18H26N6O2. The second kappa shape index (κ2) is 7.19. The molecule has 8 nitrogen and oxygen atoms in total. The Bertz CT molecular complexity index is 783. The van der Waals surface area contributed by atoms with Gasteiger partial charge in [0.25, 0.3) is 0 Å². The maximum absolute atomic E-state index is 11.9. The molecule has 8 heteroatoms. The summed E-state index contributed by atoms with van der Waals surface area (Å²) in [7, 11) is 3.56. The highest BCUT2D eigenvalue weighted by molar-refractivity contribution is 5.76. The van der Waals surface area contributed by atoms with E-state index in [0.29, 0.717) is 24.3 Å². The van der Waals surface area contributed by atoms with Gasteiger partial charge in [0.05, 0.1) is 7.11 Å². The third kappa shape index (κ3) is 3.25. The van der Waals surface area contributed by atoms with E-state index in [1.54, 1.807) is 13.2 Å². The molecule has 2 aromatic rings. The number of likely N-dealkylation sites (tertiary alicyclic amines) is 2. The lowest BCUT2D eigenvalue weighted by molar-refractivity contribution is -0.135. The SMILES string of the molecule is COc1ccc2nnc(C3CCN(CC4CCCC(=O)N4C)CC3)n2n1. The van der Waals surface area contributed by atoms with E-state index in [1.807, 2.05) is 22.5 Å². The highest BCUT2D eigenvalue weighted by Crippen LogP contribution is 2.28. The Labute approximate surface area is 153 Å². The molecule has 0 aliphatic carbocycles. The van der Waals surface area contributed by atoms with Gasteiger partial charge in [-0.2, -0.15) is 4.52 Å². The molecule has 2 saturated heterocycles. The zero-order chi connectivity index (χ0) is 18.1. The Kier molecular flexibility index (Phi) is 4.76. The Morgan fingerprint density at radius 3 is 2.77 bits per heavy atom. The molecule has 1 amide bonds. The van der Waals surface area contributed by atoms with Gasteiger partial charge in [0.1, 0.15) is 0 Å². The first kappa shape index (κ1) is 17.2. The molecule has 0 saturated carbocycles. The summed E-state index contributed by atoms with van der Waals surface area (Å²) in [4.78, 5) is 16.3. The predicted octanol–water partition coefficient (Wildman–Crippen LogP) is 1.32. The number of carbonyl (C=O) groups excluding carboxylic acids is 1. The molecule has 0 N–H and O–H groups in total. The molecular weight excluding hydrogens is 332 g/mol. The number of piperidine rings is 2. The van der Waals surface area contributed by atoms with Crippen LogP contribution in [0.5, 0.6) is 5.88 Å². The van der Waals surface area contributed by atoms with Gasteiger partial charge in [-0.15, -0.1) is 15.3 Å². The summed E-state index contributed by atoms with van der Waals surface area (Å²) in [5.41, 5.74) is 0.755. The molecule has 0 radical (unpaired) electrons. The smallest absolute Gasteiger partial charge is 0.231 e. The fraction of sp³-hybridized carbons (Fsp3) is 0.667. The molecule has 140 valence electrons. The van der Waals surface area contributed by atoms with Crippen molar-refractivity contribution in [1.29, 1.82) is 0 Å². The lowest BCUT2D eigenvalue weighted by atomic mass is 9.94. The summed E-state index contributed by atoms with van der Waals surface area (Å²) in [6.07, 6.45) is 4.89. The topological polar surface area (TPSA) is 75.9 Å². The minimum absolute atomic E-state index is 0.283. The zero-order valence-electron chi connectivity index (χ0n) is 15.5. The number of fused-ring (bicyclic) bond motifs is 1. The van der Waals surface area contributed by atoms with Crippen LogP contribution in [0.2, 0.25) is 0 Å². The number of methoxy groups -OCH3 is 1. The first-order valence-electron chi connectivity index (χ1n) is 9.40. The molecule has 4 rings (SSSR count). The Hall–Kier alpha value is -2.22. The van der Waals surface area contributed by atoms with Crippen LogP contribution in [0.25, 0.3) is 5.65 Å². The third-order valence-electron chi connectivity index (χ3n) is 5.76. The monoisotopic (exact) mass is 358 g/mol. The summed E-state index contributed by atoms with van der Waals surface area (Å²) >= 11 is 0. The van der Waals surface area contributed by atoms with Crippen molar-refractivity contribution in [3.63, 3.8) is 0 Å². The molecule has 2 aliphatic heterocycles. The summed E-state index contributed by atoms with van der Waals surface area (Å²) in [6, 6.07) is 4.04. The molecule has 2 aromatic heterocycles. The number of hydrogen-bond donors (Lipinski definition) is 0. The number of rotatable bonds is 4. The molecule has 0 spiro atoms. The average Bonchev–Trinajstić information content (AvgIpc) is 3.09. The number of likely N-dealkylation sites (N-methyl/N-ethyl adjacent to an activating group) is 1. The summed E-state index contributed by atoms with van der Waals surface area (Å²) in [6.45, 7) is 3.01. The van der Waals surface area contributed by atoms with Crippen molar-refractivity contribution in [2.75, 3.05) is 33.8 Å². The molecule has 0 aromatic carbocycles. The second-order valence-electron chi connectivity index (χ2n) is 7.33. The number of ether oxygens (including phenoxy) is 1. The minimum Gasteiger partial charge on any atom is -0.480 e. The van der Waals surface area contributed by atoms with Crippen LogP contribution in [0.3, 0.4) is 0 Å². The lowest BCUT2D eigenvalue weighted by Gasteiger charge is -2.38. The van der Waals surface area contributed by atoms with Gasteiger partial charge in [0.2, 0.25) is 11.8 Å². The predicted molar refractivity (Wildman–Crippen MR) is 96.2 cm³/mol. The maximum Gasteiger partial charge on any atom is 0.231 e. The van der Waals surface area contributed by atoms with Gasteiger partial charge >= 0.3 is 0 Å². The van der Waals surface area contributed by atoms with Crippen LogP contribution in [0, 0.1) is 0 Å². The quantitative estimate of drug-likeness (QED) is 0.821. The molecule has 2 aliphatic rings. The summed E-state index contributed by atoms with van der Waals surface area (Å²) in [5, 5.41) is 13.1.